The first kappa shape index (κ1) is 13.3. The van der Waals surface area contributed by atoms with E-state index in [-0.39, 0.29) is 0 Å². The topological polar surface area (TPSA) is 41.9 Å². The first-order valence-electron chi connectivity index (χ1n) is 6.39. The maximum atomic E-state index is 9.93. The zero-order chi connectivity index (χ0) is 12.8. The van der Waals surface area contributed by atoms with Crippen molar-refractivity contribution in [3.63, 3.8) is 0 Å². The Hall–Kier alpha value is -1.10. The van der Waals surface area contributed by atoms with Crippen LogP contribution in [0.2, 0.25) is 0 Å². The van der Waals surface area contributed by atoms with E-state index in [0.29, 0.717) is 26.4 Å². The second-order valence-electron chi connectivity index (χ2n) is 4.55. The van der Waals surface area contributed by atoms with Gasteiger partial charge in [-0.2, -0.15) is 0 Å². The number of para-hydroxylation sites is 1. The number of hydrogen-bond acceptors (Lipinski definition) is 4. The number of hydrogen-bond donors (Lipinski definition) is 1. The van der Waals surface area contributed by atoms with Gasteiger partial charge in [-0.25, -0.2) is 0 Å². The third-order valence-corrected chi connectivity index (χ3v) is 3.16. The Balaban J connectivity index is 1.77. The van der Waals surface area contributed by atoms with E-state index in [9.17, 15) is 5.11 Å². The molecule has 0 amide bonds. The Morgan fingerprint density at radius 1 is 1.33 bits per heavy atom. The van der Waals surface area contributed by atoms with Gasteiger partial charge in [0.25, 0.3) is 0 Å². The van der Waals surface area contributed by atoms with Crippen LogP contribution in [0.4, 0.5) is 5.69 Å². The summed E-state index contributed by atoms with van der Waals surface area (Å²) < 4.78 is 10.2. The van der Waals surface area contributed by atoms with Gasteiger partial charge in [0, 0.05) is 25.9 Å². The second kappa shape index (κ2) is 6.73. The van der Waals surface area contributed by atoms with Crippen molar-refractivity contribution in [2.75, 3.05) is 44.9 Å². The van der Waals surface area contributed by atoms with Gasteiger partial charge in [-0.1, -0.05) is 18.2 Å². The number of β-amino-alcohol motifs (C(OH)–C–C–N with tert-alkyl or cyclic N) is 1. The molecule has 0 radical (unpaired) electrons. The summed E-state index contributed by atoms with van der Waals surface area (Å²) in [6.45, 7) is 3.07. The lowest BCUT2D eigenvalue weighted by atomic mass is 10.2. The molecule has 0 bridgehead atoms. The minimum absolute atomic E-state index is 0.363. The van der Waals surface area contributed by atoms with Crippen LogP contribution >= 0.6 is 0 Å². The molecule has 1 aromatic carbocycles. The molecule has 1 aliphatic heterocycles. The first-order chi connectivity index (χ1) is 8.81. The number of aliphatic hydroxyl groups is 1. The SMILES string of the molecule is COCCOCC(O)CN1CCc2ccccc21. The quantitative estimate of drug-likeness (QED) is 0.736. The lowest BCUT2D eigenvalue weighted by Gasteiger charge is -2.22. The van der Waals surface area contributed by atoms with Gasteiger partial charge in [-0.3, -0.25) is 0 Å². The molecule has 2 rings (SSSR count). The summed E-state index contributed by atoms with van der Waals surface area (Å²) in [5.41, 5.74) is 2.61. The molecule has 100 valence electrons. The number of ether oxygens (including phenoxy) is 2. The highest BCUT2D eigenvalue weighted by Crippen LogP contribution is 2.27. The van der Waals surface area contributed by atoms with Gasteiger partial charge in [0.05, 0.1) is 25.9 Å². The molecule has 0 spiro atoms. The molecule has 1 N–H and O–H groups in total. The van der Waals surface area contributed by atoms with E-state index < -0.39 is 6.10 Å². The molecule has 18 heavy (non-hydrogen) atoms. The summed E-state index contributed by atoms with van der Waals surface area (Å²) in [6.07, 6.45) is 0.612. The summed E-state index contributed by atoms with van der Waals surface area (Å²) in [4.78, 5) is 2.22. The van der Waals surface area contributed by atoms with Crippen molar-refractivity contribution < 1.29 is 14.6 Å². The Bertz CT molecular complexity index is 370. The van der Waals surface area contributed by atoms with Crippen LogP contribution < -0.4 is 4.90 Å². The van der Waals surface area contributed by atoms with Crippen molar-refractivity contribution in [2.45, 2.75) is 12.5 Å². The average molecular weight is 251 g/mol. The molecule has 0 aromatic heterocycles. The number of benzene rings is 1. The predicted octanol–water partition coefficient (Wildman–Crippen LogP) is 1.07. The van der Waals surface area contributed by atoms with E-state index >= 15 is 0 Å². The highest BCUT2D eigenvalue weighted by atomic mass is 16.5. The zero-order valence-corrected chi connectivity index (χ0v) is 10.8. The number of aliphatic hydroxyl groups excluding tert-OH is 1. The van der Waals surface area contributed by atoms with Crippen molar-refractivity contribution in [3.05, 3.63) is 29.8 Å². The van der Waals surface area contributed by atoms with Crippen LogP contribution in [0.5, 0.6) is 0 Å². The fraction of sp³-hybridized carbons (Fsp3) is 0.571. The lowest BCUT2D eigenvalue weighted by molar-refractivity contribution is 0.0162. The maximum Gasteiger partial charge on any atom is 0.0948 e. The molecule has 1 heterocycles. The third kappa shape index (κ3) is 3.45. The fourth-order valence-corrected chi connectivity index (χ4v) is 2.26. The van der Waals surface area contributed by atoms with Gasteiger partial charge in [0.15, 0.2) is 0 Å². The molecule has 0 fully saturated rings. The average Bonchev–Trinajstić information content (AvgIpc) is 2.78. The monoisotopic (exact) mass is 251 g/mol. The summed E-state index contributed by atoms with van der Waals surface area (Å²) in [7, 11) is 1.64. The van der Waals surface area contributed by atoms with E-state index in [4.69, 9.17) is 9.47 Å². The van der Waals surface area contributed by atoms with Gasteiger partial charge in [0.1, 0.15) is 0 Å². The Kier molecular flexibility index (Phi) is 4.99. The van der Waals surface area contributed by atoms with Gasteiger partial charge in [-0.05, 0) is 18.1 Å². The van der Waals surface area contributed by atoms with E-state index in [1.54, 1.807) is 7.11 Å². The molecule has 4 heteroatoms. The summed E-state index contributed by atoms with van der Waals surface area (Å²) in [6, 6.07) is 8.36. The van der Waals surface area contributed by atoms with Crippen molar-refractivity contribution in [1.29, 1.82) is 0 Å². The number of fused-ring (bicyclic) bond motifs is 1. The number of rotatable bonds is 7. The standard InChI is InChI=1S/C14H21NO3/c1-17-8-9-18-11-13(16)10-15-7-6-12-4-2-3-5-14(12)15/h2-5,13,16H,6-11H2,1H3. The highest BCUT2D eigenvalue weighted by molar-refractivity contribution is 5.57. The molecule has 1 aromatic rings. The fourth-order valence-electron chi connectivity index (χ4n) is 2.26. The van der Waals surface area contributed by atoms with E-state index in [1.807, 2.05) is 6.07 Å². The van der Waals surface area contributed by atoms with Gasteiger partial charge in [0.2, 0.25) is 0 Å². The zero-order valence-electron chi connectivity index (χ0n) is 10.8. The van der Waals surface area contributed by atoms with Crippen LogP contribution in [0.25, 0.3) is 0 Å². The van der Waals surface area contributed by atoms with Crippen LogP contribution in [0.15, 0.2) is 24.3 Å². The summed E-state index contributed by atoms with van der Waals surface area (Å²) in [5.74, 6) is 0. The summed E-state index contributed by atoms with van der Waals surface area (Å²) >= 11 is 0. The number of anilines is 1. The largest absolute Gasteiger partial charge is 0.389 e. The van der Waals surface area contributed by atoms with Gasteiger partial charge < -0.3 is 19.5 Å². The van der Waals surface area contributed by atoms with Crippen LogP contribution in [0, 0.1) is 0 Å². The summed E-state index contributed by atoms with van der Waals surface area (Å²) in [5, 5.41) is 9.93. The molecule has 0 aliphatic carbocycles. The van der Waals surface area contributed by atoms with Crippen LogP contribution in [0.1, 0.15) is 5.56 Å². The molecular formula is C14H21NO3. The maximum absolute atomic E-state index is 9.93. The highest BCUT2D eigenvalue weighted by Gasteiger charge is 2.20. The van der Waals surface area contributed by atoms with E-state index in [0.717, 1.165) is 13.0 Å². The second-order valence-corrected chi connectivity index (χ2v) is 4.55. The third-order valence-electron chi connectivity index (χ3n) is 3.16. The van der Waals surface area contributed by atoms with Crippen LogP contribution in [0.3, 0.4) is 0 Å². The van der Waals surface area contributed by atoms with Gasteiger partial charge in [-0.15, -0.1) is 0 Å². The smallest absolute Gasteiger partial charge is 0.0948 e. The van der Waals surface area contributed by atoms with Crippen LogP contribution in [-0.2, 0) is 15.9 Å². The lowest BCUT2D eigenvalue weighted by Crippen LogP contribution is -2.34. The van der Waals surface area contributed by atoms with E-state index in [1.165, 1.54) is 11.3 Å². The Labute approximate surface area is 108 Å². The van der Waals surface area contributed by atoms with E-state index in [2.05, 4.69) is 23.1 Å². The molecule has 1 unspecified atom stereocenters. The van der Waals surface area contributed by atoms with Crippen molar-refractivity contribution in [1.82, 2.24) is 0 Å². The normalized spacial score (nSPS) is 15.8. The molecule has 1 aliphatic rings. The first-order valence-corrected chi connectivity index (χ1v) is 6.39. The number of nitrogens with zero attached hydrogens (tertiary/aromatic N) is 1. The minimum Gasteiger partial charge on any atom is -0.389 e. The Morgan fingerprint density at radius 2 is 2.17 bits per heavy atom. The molecular weight excluding hydrogens is 230 g/mol. The number of methoxy groups -OCH3 is 1. The molecule has 0 saturated heterocycles. The van der Waals surface area contributed by atoms with Crippen molar-refractivity contribution >= 4 is 5.69 Å². The van der Waals surface area contributed by atoms with Gasteiger partial charge >= 0.3 is 0 Å². The molecule has 1 atom stereocenters. The minimum atomic E-state index is -0.451. The molecule has 0 saturated carbocycles. The van der Waals surface area contributed by atoms with Crippen molar-refractivity contribution in [3.8, 4) is 0 Å². The predicted molar refractivity (Wildman–Crippen MR) is 71.1 cm³/mol. The Morgan fingerprint density at radius 3 is 3.00 bits per heavy atom. The van der Waals surface area contributed by atoms with Crippen LogP contribution in [-0.4, -0.2) is 51.2 Å². The van der Waals surface area contributed by atoms with Crippen molar-refractivity contribution in [2.24, 2.45) is 0 Å². The molecule has 4 nitrogen and oxygen atoms in total.